The number of aliphatic imine (C=N–C) groups is 1. The summed E-state index contributed by atoms with van der Waals surface area (Å²) in [6, 6.07) is 1.52. The number of nitrogens with zero attached hydrogens (tertiary/aromatic N) is 3. The first-order valence-electron chi connectivity index (χ1n) is 16.5. The first-order valence-corrected chi connectivity index (χ1v) is 18.0. The summed E-state index contributed by atoms with van der Waals surface area (Å²) in [4.78, 5) is 50.6. The number of aromatic nitrogens is 1. The van der Waals surface area contributed by atoms with Crippen molar-refractivity contribution in [3.63, 3.8) is 0 Å². The number of fused-ring (bicyclic) bond motifs is 1. The number of amides is 3. The maximum Gasteiger partial charge on any atom is 0.399 e. The summed E-state index contributed by atoms with van der Waals surface area (Å²) in [5.74, 6) is -3.93. The first kappa shape index (κ1) is 36.7. The van der Waals surface area contributed by atoms with E-state index < -0.39 is 86.2 Å². The van der Waals surface area contributed by atoms with Crippen molar-refractivity contribution in [3.05, 3.63) is 30.2 Å². The molecular weight excluding hydrogens is 705 g/mol. The van der Waals surface area contributed by atoms with Crippen LogP contribution in [-0.4, -0.2) is 96.7 Å². The van der Waals surface area contributed by atoms with Crippen molar-refractivity contribution in [2.75, 3.05) is 20.3 Å². The molecule has 1 saturated heterocycles. The molecule has 2 N–H and O–H groups in total. The number of benzene rings is 1. The number of nitrogens with one attached hydrogen (secondary N) is 2. The van der Waals surface area contributed by atoms with Crippen molar-refractivity contribution in [1.82, 2.24) is 19.9 Å². The zero-order valence-corrected chi connectivity index (χ0v) is 29.1. The summed E-state index contributed by atoms with van der Waals surface area (Å²) in [6.07, 6.45) is -4.45. The van der Waals surface area contributed by atoms with Crippen molar-refractivity contribution in [2.24, 2.45) is 16.3 Å². The summed E-state index contributed by atoms with van der Waals surface area (Å²) in [5.41, 5.74) is -4.05. The highest BCUT2D eigenvalue weighted by Crippen LogP contribution is 2.58. The Bertz CT molecular complexity index is 1920. The van der Waals surface area contributed by atoms with Gasteiger partial charge in [-0.05, 0) is 75.5 Å². The topological polar surface area (TPSA) is 156 Å². The van der Waals surface area contributed by atoms with Crippen LogP contribution in [0.1, 0.15) is 59.3 Å². The van der Waals surface area contributed by atoms with Crippen molar-refractivity contribution in [2.45, 2.75) is 93.9 Å². The summed E-state index contributed by atoms with van der Waals surface area (Å²) in [5, 5.41) is 3.38. The number of ether oxygens (including phenoxy) is 2. The third-order valence-corrected chi connectivity index (χ3v) is 12.9. The molecule has 3 saturated carbocycles. The Kier molecular flexibility index (Phi) is 9.03. The Morgan fingerprint density at radius 3 is 2.39 bits per heavy atom. The maximum absolute atomic E-state index is 14.7. The molecule has 5 unspecified atom stereocenters. The van der Waals surface area contributed by atoms with Gasteiger partial charge in [0.15, 0.2) is 11.6 Å². The third kappa shape index (κ3) is 6.37. The minimum Gasteiger partial charge on any atom is -0.494 e. The summed E-state index contributed by atoms with van der Waals surface area (Å²) < 4.78 is 107. The minimum absolute atomic E-state index is 0.0191. The zero-order valence-electron chi connectivity index (χ0n) is 28.3. The number of hydrogen-bond acceptors (Lipinski definition) is 9. The van der Waals surface area contributed by atoms with Gasteiger partial charge < -0.3 is 19.7 Å². The van der Waals surface area contributed by atoms with E-state index in [1.54, 1.807) is 13.0 Å². The molecule has 51 heavy (non-hydrogen) atoms. The molecule has 1 aliphatic heterocycles. The largest absolute Gasteiger partial charge is 0.494 e. The number of rotatable bonds is 12. The van der Waals surface area contributed by atoms with Gasteiger partial charge in [-0.15, -0.1) is 0 Å². The fraction of sp³-hybridized carbons (Fsp3) is 0.606. The van der Waals surface area contributed by atoms with Gasteiger partial charge in [0.1, 0.15) is 40.6 Å². The Labute approximate surface area is 290 Å². The molecule has 12 nitrogen and oxygen atoms in total. The molecule has 18 heteroatoms. The molecule has 4 aliphatic rings. The number of pyridine rings is 1. The van der Waals surface area contributed by atoms with Crippen LogP contribution >= 0.6 is 0 Å². The predicted octanol–water partition coefficient (Wildman–Crippen LogP) is 3.77. The lowest BCUT2D eigenvalue weighted by Gasteiger charge is -2.28. The zero-order chi connectivity index (χ0) is 37.3. The average Bonchev–Trinajstić information content (AvgIpc) is 3.99. The van der Waals surface area contributed by atoms with E-state index in [0.29, 0.717) is 5.39 Å². The lowest BCUT2D eigenvalue weighted by molar-refractivity contribution is -0.165. The number of carbonyl (C=O) groups excluding carboxylic acids is 3. The van der Waals surface area contributed by atoms with Gasteiger partial charge in [-0.2, -0.15) is 13.2 Å². The van der Waals surface area contributed by atoms with Gasteiger partial charge in [-0.1, -0.05) is 6.92 Å². The number of hydrogen-bond donors (Lipinski definition) is 2. The molecule has 278 valence electrons. The fourth-order valence-corrected chi connectivity index (χ4v) is 8.25. The molecule has 0 radical (unpaired) electrons. The Morgan fingerprint density at radius 2 is 1.84 bits per heavy atom. The third-order valence-electron chi connectivity index (χ3n) is 10.8. The van der Waals surface area contributed by atoms with Gasteiger partial charge in [-0.3, -0.25) is 24.1 Å². The van der Waals surface area contributed by atoms with Gasteiger partial charge in [-0.25, -0.2) is 22.2 Å². The van der Waals surface area contributed by atoms with E-state index in [-0.39, 0.29) is 67.8 Å². The van der Waals surface area contributed by atoms with E-state index in [0.717, 1.165) is 11.0 Å². The van der Waals surface area contributed by atoms with Crippen molar-refractivity contribution < 1.29 is 54.2 Å². The molecule has 6 rings (SSSR count). The molecule has 2 heterocycles. The van der Waals surface area contributed by atoms with Crippen LogP contribution in [-0.2, 0) is 24.4 Å². The number of sulfonamides is 1. The SMILES string of the molecule is COc1cc2ccnc(OC3CC(C(=O)NC4(C(=O)NS(=O)(=O)C5(CF)CC5)CC4C)N(C(=O)C(C)N=C(C)C4(C(F)(F)F)CC4)C3)c2cc1F. The summed E-state index contributed by atoms with van der Waals surface area (Å²) in [7, 11) is -3.09. The molecule has 4 fully saturated rings. The summed E-state index contributed by atoms with van der Waals surface area (Å²) >= 11 is 0. The van der Waals surface area contributed by atoms with Gasteiger partial charge in [0.2, 0.25) is 27.7 Å². The molecule has 2 aromatic rings. The van der Waals surface area contributed by atoms with Crippen LogP contribution in [0.3, 0.4) is 0 Å². The van der Waals surface area contributed by atoms with Gasteiger partial charge in [0, 0.05) is 23.7 Å². The molecular formula is C33H38F5N5O7S. The summed E-state index contributed by atoms with van der Waals surface area (Å²) in [6.45, 7) is 2.70. The Hall–Kier alpha value is -4.09. The smallest absolute Gasteiger partial charge is 0.399 e. The Balaban J connectivity index is 1.26. The first-order chi connectivity index (χ1) is 23.8. The lowest BCUT2D eigenvalue weighted by Crippen LogP contribution is -2.57. The van der Waals surface area contributed by atoms with E-state index in [9.17, 15) is 44.8 Å². The van der Waals surface area contributed by atoms with Crippen LogP contribution in [0, 0.1) is 17.2 Å². The second-order valence-electron chi connectivity index (χ2n) is 14.1. The molecule has 5 atom stereocenters. The average molecular weight is 744 g/mol. The van der Waals surface area contributed by atoms with Gasteiger partial charge in [0.25, 0.3) is 5.91 Å². The standard InChI is InChI=1S/C33H38F5N5O7S/c1-17-14-32(17,29(46)42-51(47,48)30(16-34)6-7-30)41-26(44)24-12-21(50-27-22-13-23(35)25(49-4)11-20(22)5-10-39-27)15-43(24)28(45)18(2)40-19(3)31(8-9-31)33(36,37)38/h5,10-11,13,17-18,21,24H,6-9,12,14-16H2,1-4H3,(H,41,44)(H,42,46). The van der Waals surface area contributed by atoms with Crippen molar-refractivity contribution >= 4 is 44.2 Å². The van der Waals surface area contributed by atoms with Crippen LogP contribution in [0.25, 0.3) is 10.8 Å². The molecule has 1 aromatic carbocycles. The fourth-order valence-electron chi connectivity index (χ4n) is 6.82. The number of halogens is 5. The van der Waals surface area contributed by atoms with Crippen molar-refractivity contribution in [1.29, 1.82) is 0 Å². The van der Waals surface area contributed by atoms with E-state index in [1.807, 2.05) is 4.72 Å². The molecule has 0 spiro atoms. The number of methoxy groups -OCH3 is 1. The number of alkyl halides is 4. The van der Waals surface area contributed by atoms with E-state index in [2.05, 4.69) is 15.3 Å². The molecule has 3 aliphatic carbocycles. The normalized spacial score (nSPS) is 27.0. The van der Waals surface area contributed by atoms with Crippen LogP contribution in [0.4, 0.5) is 22.0 Å². The van der Waals surface area contributed by atoms with Crippen LogP contribution in [0.15, 0.2) is 29.4 Å². The highest BCUT2D eigenvalue weighted by Gasteiger charge is 2.65. The van der Waals surface area contributed by atoms with Crippen LogP contribution in [0.2, 0.25) is 0 Å². The van der Waals surface area contributed by atoms with Crippen LogP contribution < -0.4 is 19.5 Å². The maximum atomic E-state index is 14.7. The number of likely N-dealkylation sites (tertiary alicyclic amines) is 1. The quantitative estimate of drug-likeness (QED) is 0.246. The molecule has 3 amide bonds. The van der Waals surface area contributed by atoms with E-state index in [4.69, 9.17) is 9.47 Å². The number of carbonyl (C=O) groups is 3. The molecule has 1 aromatic heterocycles. The van der Waals surface area contributed by atoms with Gasteiger partial charge >= 0.3 is 6.18 Å². The monoisotopic (exact) mass is 743 g/mol. The molecule has 0 bridgehead atoms. The highest BCUT2D eigenvalue weighted by atomic mass is 32.2. The highest BCUT2D eigenvalue weighted by molar-refractivity contribution is 7.91. The predicted molar refractivity (Wildman–Crippen MR) is 173 cm³/mol. The lowest BCUT2D eigenvalue weighted by atomic mass is 10.0. The van der Waals surface area contributed by atoms with Crippen LogP contribution in [0.5, 0.6) is 11.6 Å². The second kappa shape index (κ2) is 12.5. The van der Waals surface area contributed by atoms with E-state index >= 15 is 0 Å². The minimum atomic E-state index is -4.56. The van der Waals surface area contributed by atoms with E-state index in [1.165, 1.54) is 33.2 Å². The van der Waals surface area contributed by atoms with Crippen molar-refractivity contribution in [3.8, 4) is 11.6 Å². The second-order valence-corrected chi connectivity index (χ2v) is 16.2. The Morgan fingerprint density at radius 1 is 1.18 bits per heavy atom. The van der Waals surface area contributed by atoms with Gasteiger partial charge in [0.05, 0.1) is 13.7 Å².